The maximum Gasteiger partial charge on any atom is 0.189 e. The summed E-state index contributed by atoms with van der Waals surface area (Å²) in [6, 6.07) is 9.15. The molecule has 0 saturated carbocycles. The Balaban J connectivity index is 2.14. The van der Waals surface area contributed by atoms with Crippen molar-refractivity contribution in [2.45, 2.75) is 39.2 Å². The first-order valence-corrected chi connectivity index (χ1v) is 9.73. The van der Waals surface area contributed by atoms with Gasteiger partial charge >= 0.3 is 0 Å². The van der Waals surface area contributed by atoms with Crippen LogP contribution in [0.15, 0.2) is 66.3 Å². The van der Waals surface area contributed by atoms with Gasteiger partial charge in [-0.3, -0.25) is 4.79 Å². The minimum atomic E-state index is -0.559. The molecule has 4 N–H and O–H groups in total. The van der Waals surface area contributed by atoms with Crippen LogP contribution >= 0.6 is 0 Å². The molecule has 0 fully saturated rings. The molecule has 5 heteroatoms. The predicted molar refractivity (Wildman–Crippen MR) is 119 cm³/mol. The van der Waals surface area contributed by atoms with E-state index in [0.29, 0.717) is 18.4 Å². The van der Waals surface area contributed by atoms with Crippen LogP contribution in [0.1, 0.15) is 48.2 Å². The fraction of sp³-hybridized carbons (Fsp3) is 0.240. The van der Waals surface area contributed by atoms with Crippen molar-refractivity contribution < 1.29 is 25.2 Å². The van der Waals surface area contributed by atoms with E-state index in [1.54, 1.807) is 25.1 Å². The number of phenolic OH excluding ortho intramolecular Hbond substituents is 3. The molecule has 0 heterocycles. The van der Waals surface area contributed by atoms with Gasteiger partial charge in [0.15, 0.2) is 5.78 Å². The lowest BCUT2D eigenvalue weighted by Crippen LogP contribution is -2.06. The number of ketones is 1. The second-order valence-corrected chi connectivity index (χ2v) is 7.40. The number of hydrogen-bond donors (Lipinski definition) is 4. The van der Waals surface area contributed by atoms with Crippen LogP contribution in [0.2, 0.25) is 0 Å². The predicted octanol–water partition coefficient (Wildman–Crippen LogP) is 4.91. The van der Waals surface area contributed by atoms with E-state index in [-0.39, 0.29) is 34.8 Å². The third kappa shape index (κ3) is 6.36. The summed E-state index contributed by atoms with van der Waals surface area (Å²) in [5.41, 5.74) is 2.82. The van der Waals surface area contributed by atoms with E-state index in [2.05, 4.69) is 6.58 Å². The first-order chi connectivity index (χ1) is 14.2. The molecule has 30 heavy (non-hydrogen) atoms. The molecule has 0 aliphatic rings. The molecule has 0 aliphatic heterocycles. The number of benzene rings is 2. The highest BCUT2D eigenvalue weighted by molar-refractivity contribution is 6.09. The molecule has 0 bridgehead atoms. The summed E-state index contributed by atoms with van der Waals surface area (Å²) in [5.74, 6) is -0.595. The monoisotopic (exact) mass is 408 g/mol. The number of aliphatic hydroxyl groups excluding tert-OH is 1. The number of rotatable bonds is 9. The maximum absolute atomic E-state index is 12.5. The van der Waals surface area contributed by atoms with Crippen LogP contribution in [0.5, 0.6) is 17.2 Å². The van der Waals surface area contributed by atoms with Gasteiger partial charge in [0.2, 0.25) is 0 Å². The van der Waals surface area contributed by atoms with E-state index >= 15 is 0 Å². The average molecular weight is 408 g/mol. The zero-order valence-electron chi connectivity index (χ0n) is 17.3. The molecule has 0 radical (unpaired) electrons. The fourth-order valence-electron chi connectivity index (χ4n) is 2.86. The number of aromatic hydroxyl groups is 3. The third-order valence-electron chi connectivity index (χ3n) is 4.88. The van der Waals surface area contributed by atoms with E-state index in [1.807, 2.05) is 13.0 Å². The Morgan fingerprint density at radius 2 is 1.73 bits per heavy atom. The third-order valence-corrected chi connectivity index (χ3v) is 4.88. The van der Waals surface area contributed by atoms with Crippen molar-refractivity contribution in [1.82, 2.24) is 0 Å². The standard InChI is InChI=1S/C25H28O5/c1-16(2)22(27)13-5-17(3)4-11-20-24(29)15-12-21(25(20)30)23(28)14-8-18-6-9-19(26)10-7-18/h4,6-10,12,14-15,22,26-27,29-30H,1,5,11,13H2,2-3H3/b14-8+,17-4+/t22-/m1/s1. The minimum Gasteiger partial charge on any atom is -0.508 e. The van der Waals surface area contributed by atoms with Crippen molar-refractivity contribution in [2.75, 3.05) is 0 Å². The SMILES string of the molecule is C=C(C)[C@H](O)CC/C(C)=C/Cc1c(O)ccc(C(=O)/C=C/c2ccc(O)cc2)c1O. The van der Waals surface area contributed by atoms with E-state index in [1.165, 1.54) is 30.3 Å². The van der Waals surface area contributed by atoms with Crippen LogP contribution in [0.4, 0.5) is 0 Å². The number of phenols is 3. The highest BCUT2D eigenvalue weighted by Gasteiger charge is 2.15. The van der Waals surface area contributed by atoms with Crippen LogP contribution in [0, 0.1) is 0 Å². The van der Waals surface area contributed by atoms with Gasteiger partial charge < -0.3 is 20.4 Å². The molecule has 0 amide bonds. The number of aliphatic hydroxyl groups is 1. The summed E-state index contributed by atoms with van der Waals surface area (Å²) in [7, 11) is 0. The van der Waals surface area contributed by atoms with Gasteiger partial charge in [-0.05, 0) is 69.0 Å². The maximum atomic E-state index is 12.5. The summed E-state index contributed by atoms with van der Waals surface area (Å²) in [5, 5.41) is 39.8. The van der Waals surface area contributed by atoms with Crippen LogP contribution in [-0.2, 0) is 6.42 Å². The van der Waals surface area contributed by atoms with Gasteiger partial charge in [0.25, 0.3) is 0 Å². The lowest BCUT2D eigenvalue weighted by molar-refractivity contribution is 0.104. The summed E-state index contributed by atoms with van der Waals surface area (Å²) in [4.78, 5) is 12.5. The van der Waals surface area contributed by atoms with Crippen molar-refractivity contribution in [3.63, 3.8) is 0 Å². The number of carbonyl (C=O) groups is 1. The molecule has 2 rings (SSSR count). The Hall–Kier alpha value is -3.31. The molecule has 158 valence electrons. The van der Waals surface area contributed by atoms with Crippen LogP contribution in [-0.4, -0.2) is 32.3 Å². The average Bonchev–Trinajstić information content (AvgIpc) is 2.71. The zero-order valence-corrected chi connectivity index (χ0v) is 17.3. The van der Waals surface area contributed by atoms with Crippen molar-refractivity contribution in [1.29, 1.82) is 0 Å². The van der Waals surface area contributed by atoms with E-state index < -0.39 is 11.9 Å². The summed E-state index contributed by atoms with van der Waals surface area (Å²) in [6.45, 7) is 7.42. The Labute approximate surface area is 177 Å². The van der Waals surface area contributed by atoms with Gasteiger partial charge in [-0.25, -0.2) is 0 Å². The van der Waals surface area contributed by atoms with E-state index in [9.17, 15) is 25.2 Å². The Bertz CT molecular complexity index is 968. The van der Waals surface area contributed by atoms with Gasteiger partial charge in [0.05, 0.1) is 11.7 Å². The first kappa shape index (κ1) is 23.0. The topological polar surface area (TPSA) is 98.0 Å². The van der Waals surface area contributed by atoms with Crippen molar-refractivity contribution in [3.8, 4) is 17.2 Å². The zero-order chi connectivity index (χ0) is 22.3. The Morgan fingerprint density at radius 1 is 1.07 bits per heavy atom. The van der Waals surface area contributed by atoms with Crippen molar-refractivity contribution in [3.05, 3.63) is 83.0 Å². The molecule has 2 aromatic rings. The van der Waals surface area contributed by atoms with Gasteiger partial charge in [-0.1, -0.05) is 42.0 Å². The first-order valence-electron chi connectivity index (χ1n) is 9.73. The molecule has 0 spiro atoms. The number of carbonyl (C=O) groups excluding carboxylic acids is 1. The second-order valence-electron chi connectivity index (χ2n) is 7.40. The lowest BCUT2D eigenvalue weighted by Gasteiger charge is -2.11. The quantitative estimate of drug-likeness (QED) is 0.269. The second kappa shape index (κ2) is 10.5. The summed E-state index contributed by atoms with van der Waals surface area (Å²) >= 11 is 0. The van der Waals surface area contributed by atoms with Crippen LogP contribution < -0.4 is 0 Å². The fourth-order valence-corrected chi connectivity index (χ4v) is 2.86. The summed E-state index contributed by atoms with van der Waals surface area (Å²) < 4.78 is 0. The molecule has 0 saturated heterocycles. The minimum absolute atomic E-state index is 0.0856. The highest BCUT2D eigenvalue weighted by Crippen LogP contribution is 2.32. The molecular weight excluding hydrogens is 380 g/mol. The molecule has 0 aliphatic carbocycles. The van der Waals surface area contributed by atoms with Crippen molar-refractivity contribution >= 4 is 11.9 Å². The van der Waals surface area contributed by atoms with Gasteiger partial charge in [-0.2, -0.15) is 0 Å². The lowest BCUT2D eigenvalue weighted by atomic mass is 9.99. The molecule has 5 nitrogen and oxygen atoms in total. The van der Waals surface area contributed by atoms with Crippen LogP contribution in [0.25, 0.3) is 6.08 Å². The summed E-state index contributed by atoms with van der Waals surface area (Å²) in [6.07, 6.45) is 5.69. The molecule has 1 atom stereocenters. The molecule has 0 unspecified atom stereocenters. The molecule has 2 aromatic carbocycles. The Kier molecular flexibility index (Phi) is 8.01. The van der Waals surface area contributed by atoms with Gasteiger partial charge in [-0.15, -0.1) is 0 Å². The van der Waals surface area contributed by atoms with Gasteiger partial charge in [0, 0.05) is 5.56 Å². The normalized spacial score (nSPS) is 12.8. The number of allylic oxidation sites excluding steroid dienone is 3. The van der Waals surface area contributed by atoms with Crippen LogP contribution in [0.3, 0.4) is 0 Å². The largest absolute Gasteiger partial charge is 0.508 e. The number of hydrogen-bond acceptors (Lipinski definition) is 5. The van der Waals surface area contributed by atoms with E-state index in [4.69, 9.17) is 0 Å². The van der Waals surface area contributed by atoms with Crippen molar-refractivity contribution in [2.24, 2.45) is 0 Å². The molecular formula is C25H28O5. The smallest absolute Gasteiger partial charge is 0.189 e. The van der Waals surface area contributed by atoms with Gasteiger partial charge in [0.1, 0.15) is 17.2 Å². The van der Waals surface area contributed by atoms with E-state index in [0.717, 1.165) is 11.1 Å². The Morgan fingerprint density at radius 3 is 2.37 bits per heavy atom. The highest BCUT2D eigenvalue weighted by atomic mass is 16.3. The molecule has 0 aromatic heterocycles.